The first-order chi connectivity index (χ1) is 19.8. The van der Waals surface area contributed by atoms with Gasteiger partial charge in [-0.25, -0.2) is 14.4 Å². The van der Waals surface area contributed by atoms with E-state index in [4.69, 9.17) is 20.4 Å². The highest BCUT2D eigenvalue weighted by atomic mass is 19.1. The van der Waals surface area contributed by atoms with Crippen LogP contribution in [0.1, 0.15) is 29.6 Å². The number of benzene rings is 1. The van der Waals surface area contributed by atoms with Gasteiger partial charge in [0, 0.05) is 50.4 Å². The van der Waals surface area contributed by atoms with Crippen molar-refractivity contribution in [2.45, 2.75) is 38.0 Å². The molecule has 2 atom stereocenters. The van der Waals surface area contributed by atoms with Gasteiger partial charge in [0.05, 0.1) is 36.3 Å². The van der Waals surface area contributed by atoms with E-state index in [0.29, 0.717) is 29.3 Å². The van der Waals surface area contributed by atoms with Crippen molar-refractivity contribution in [3.8, 4) is 28.7 Å². The van der Waals surface area contributed by atoms with E-state index in [1.165, 1.54) is 17.7 Å². The van der Waals surface area contributed by atoms with E-state index in [-0.39, 0.29) is 24.9 Å². The number of aryl methyl sites for hydroxylation is 2. The molecule has 5 heterocycles. The Labute approximate surface area is 236 Å². The number of aromatic nitrogens is 6. The maximum Gasteiger partial charge on any atom is 0.254 e. The summed E-state index contributed by atoms with van der Waals surface area (Å²) in [6, 6.07) is 11.3. The van der Waals surface area contributed by atoms with Crippen molar-refractivity contribution in [3.63, 3.8) is 0 Å². The smallest absolute Gasteiger partial charge is 0.254 e. The Kier molecular flexibility index (Phi) is 6.07. The third-order valence-electron chi connectivity index (χ3n) is 8.31. The van der Waals surface area contributed by atoms with E-state index in [0.717, 1.165) is 46.0 Å². The lowest BCUT2D eigenvalue weighted by molar-refractivity contribution is 0.0606. The average molecular weight is 557 g/mol. The van der Waals surface area contributed by atoms with Crippen LogP contribution in [0, 0.1) is 5.92 Å². The molecular weight excluding hydrogens is 523 g/mol. The number of alkyl halides is 1. The number of amides is 1. The lowest BCUT2D eigenvalue weighted by Gasteiger charge is -2.33. The summed E-state index contributed by atoms with van der Waals surface area (Å²) < 4.78 is 26.1. The highest BCUT2D eigenvalue weighted by molar-refractivity contribution is 6.00. The molecule has 2 N–H and O–H groups in total. The minimum absolute atomic E-state index is 0.0371. The van der Waals surface area contributed by atoms with Crippen molar-refractivity contribution in [1.29, 1.82) is 0 Å². The number of carbonyl (C=O) groups is 1. The molecule has 1 saturated carbocycles. The van der Waals surface area contributed by atoms with Crippen LogP contribution in [0.15, 0.2) is 42.6 Å². The van der Waals surface area contributed by atoms with Gasteiger partial charge in [0.2, 0.25) is 0 Å². The largest absolute Gasteiger partial charge is 0.494 e. The monoisotopic (exact) mass is 556 g/mol. The summed E-state index contributed by atoms with van der Waals surface area (Å²) in [6.45, 7) is 1.21. The standard InChI is InChI=1S/C30H33FN8O2/c1-36-27-23(10-19(12-26(27)41-3)30(40)38-15-20(31)13-21(32)16-38)35-29(36)25-11-18-6-7-22(24-8-9-33-37(24)2)34-28(18)39(25)14-17-4-5-17/h6-12,17,20-21H,4-5,13-16,32H2,1-3H3/t20-,21-/m1/s1. The quantitative estimate of drug-likeness (QED) is 0.340. The zero-order valence-electron chi connectivity index (χ0n) is 23.4. The van der Waals surface area contributed by atoms with E-state index in [1.54, 1.807) is 25.4 Å². The van der Waals surface area contributed by atoms with Crippen LogP contribution in [0.4, 0.5) is 4.39 Å². The molecule has 10 nitrogen and oxygen atoms in total. The Morgan fingerprint density at radius 3 is 2.63 bits per heavy atom. The van der Waals surface area contributed by atoms with Crippen LogP contribution >= 0.6 is 0 Å². The number of hydrogen-bond donors (Lipinski definition) is 1. The molecule has 0 unspecified atom stereocenters. The first kappa shape index (κ1) is 25.7. The second-order valence-electron chi connectivity index (χ2n) is 11.4. The van der Waals surface area contributed by atoms with Crippen LogP contribution in [-0.2, 0) is 20.6 Å². The van der Waals surface area contributed by atoms with Crippen LogP contribution < -0.4 is 10.5 Å². The number of fused-ring (bicyclic) bond motifs is 2. The molecule has 7 rings (SSSR count). The van der Waals surface area contributed by atoms with Crippen molar-refractivity contribution in [1.82, 2.24) is 33.8 Å². The van der Waals surface area contributed by atoms with Gasteiger partial charge in [-0.15, -0.1) is 0 Å². The Bertz CT molecular complexity index is 1790. The SMILES string of the molecule is COc1cc(C(=O)N2C[C@H](N)C[C@@H](F)C2)cc2nc(-c3cc4ccc(-c5ccnn5C)nc4n3CC3CC3)n(C)c12. The molecule has 4 aromatic heterocycles. The molecule has 1 aliphatic heterocycles. The molecule has 0 radical (unpaired) electrons. The van der Waals surface area contributed by atoms with Crippen LogP contribution in [0.5, 0.6) is 5.75 Å². The number of ether oxygens (including phenoxy) is 1. The highest BCUT2D eigenvalue weighted by Gasteiger charge is 2.30. The third-order valence-corrected chi connectivity index (χ3v) is 8.31. The number of likely N-dealkylation sites (tertiary alicyclic amines) is 1. The fraction of sp³-hybridized carbons (Fsp3) is 0.400. The van der Waals surface area contributed by atoms with Gasteiger partial charge < -0.3 is 24.5 Å². The van der Waals surface area contributed by atoms with Crippen LogP contribution in [0.25, 0.3) is 45.0 Å². The van der Waals surface area contributed by atoms with Crippen molar-refractivity contribution in [2.75, 3.05) is 20.2 Å². The fourth-order valence-electron chi connectivity index (χ4n) is 6.07. The van der Waals surface area contributed by atoms with Crippen LogP contribution in [0.2, 0.25) is 0 Å². The molecule has 41 heavy (non-hydrogen) atoms. The van der Waals surface area contributed by atoms with Crippen molar-refractivity contribution >= 4 is 28.0 Å². The van der Waals surface area contributed by atoms with Gasteiger partial charge in [-0.3, -0.25) is 9.48 Å². The summed E-state index contributed by atoms with van der Waals surface area (Å²) in [5.41, 5.74) is 11.5. The van der Waals surface area contributed by atoms with Gasteiger partial charge in [0.15, 0.2) is 5.82 Å². The maximum atomic E-state index is 14.2. The molecule has 5 aromatic rings. The van der Waals surface area contributed by atoms with Crippen molar-refractivity contribution < 1.29 is 13.9 Å². The summed E-state index contributed by atoms with van der Waals surface area (Å²) in [7, 11) is 5.45. The second-order valence-corrected chi connectivity index (χ2v) is 11.4. The number of nitrogens with two attached hydrogens (primary N) is 1. The van der Waals surface area contributed by atoms with E-state index < -0.39 is 6.17 Å². The van der Waals surface area contributed by atoms with E-state index in [2.05, 4.69) is 21.8 Å². The van der Waals surface area contributed by atoms with Gasteiger partial charge >= 0.3 is 0 Å². The Balaban J connectivity index is 1.35. The molecule has 2 aliphatic rings. The zero-order chi connectivity index (χ0) is 28.4. The molecule has 1 saturated heterocycles. The lowest BCUT2D eigenvalue weighted by Crippen LogP contribution is -2.50. The van der Waals surface area contributed by atoms with Crippen molar-refractivity contribution in [2.24, 2.45) is 25.7 Å². The first-order valence-corrected chi connectivity index (χ1v) is 14.0. The summed E-state index contributed by atoms with van der Waals surface area (Å²) in [4.78, 5) is 25.0. The van der Waals surface area contributed by atoms with E-state index >= 15 is 0 Å². The summed E-state index contributed by atoms with van der Waals surface area (Å²) in [5.74, 6) is 1.62. The second kappa shape index (κ2) is 9.69. The number of imidazole rings is 1. The van der Waals surface area contributed by atoms with E-state index in [9.17, 15) is 9.18 Å². The molecule has 0 spiro atoms. The van der Waals surface area contributed by atoms with Gasteiger partial charge in [-0.05, 0) is 61.6 Å². The number of piperidine rings is 1. The fourth-order valence-corrected chi connectivity index (χ4v) is 6.07. The predicted octanol–water partition coefficient (Wildman–Crippen LogP) is 3.92. The first-order valence-electron chi connectivity index (χ1n) is 14.0. The molecule has 11 heteroatoms. The Hall–Kier alpha value is -4.25. The number of pyridine rings is 1. The van der Waals surface area contributed by atoms with Crippen LogP contribution in [0.3, 0.4) is 0 Å². The minimum Gasteiger partial charge on any atom is -0.494 e. The van der Waals surface area contributed by atoms with E-state index in [1.807, 2.05) is 35.5 Å². The number of hydrogen-bond acceptors (Lipinski definition) is 6. The molecule has 1 amide bonds. The normalized spacial score (nSPS) is 19.4. The zero-order valence-corrected chi connectivity index (χ0v) is 23.4. The van der Waals surface area contributed by atoms with Gasteiger partial charge in [0.25, 0.3) is 5.91 Å². The molecule has 2 fully saturated rings. The Morgan fingerprint density at radius 2 is 1.93 bits per heavy atom. The lowest BCUT2D eigenvalue weighted by atomic mass is 10.0. The number of rotatable bonds is 6. The van der Waals surface area contributed by atoms with Crippen molar-refractivity contribution in [3.05, 3.63) is 48.2 Å². The summed E-state index contributed by atoms with van der Waals surface area (Å²) in [6.07, 6.45) is 3.31. The van der Waals surface area contributed by atoms with Crippen LogP contribution in [-0.4, -0.2) is 72.1 Å². The van der Waals surface area contributed by atoms with Gasteiger partial charge in [-0.1, -0.05) is 0 Å². The maximum absolute atomic E-state index is 14.2. The number of carbonyl (C=O) groups excluding carboxylic acids is 1. The highest BCUT2D eigenvalue weighted by Crippen LogP contribution is 2.38. The molecular formula is C30H33FN8O2. The van der Waals surface area contributed by atoms with Gasteiger partial charge in [0.1, 0.15) is 23.1 Å². The average Bonchev–Trinajstić information content (AvgIpc) is 3.42. The predicted molar refractivity (Wildman–Crippen MR) is 154 cm³/mol. The van der Waals surface area contributed by atoms with Gasteiger partial charge in [-0.2, -0.15) is 5.10 Å². The number of methoxy groups -OCH3 is 1. The Morgan fingerprint density at radius 1 is 1.10 bits per heavy atom. The molecule has 0 bridgehead atoms. The molecule has 1 aliphatic carbocycles. The summed E-state index contributed by atoms with van der Waals surface area (Å²) in [5, 5.41) is 5.34. The number of halogens is 1. The topological polar surface area (TPSA) is 109 Å². The molecule has 1 aromatic carbocycles. The minimum atomic E-state index is -1.13. The number of nitrogens with zero attached hydrogens (tertiary/aromatic N) is 7. The third kappa shape index (κ3) is 4.44. The molecule has 212 valence electrons. The summed E-state index contributed by atoms with van der Waals surface area (Å²) >= 11 is 0.